The van der Waals surface area contributed by atoms with Gasteiger partial charge < -0.3 is 21.1 Å². The van der Waals surface area contributed by atoms with Gasteiger partial charge >= 0.3 is 5.97 Å². The molecule has 0 saturated carbocycles. The van der Waals surface area contributed by atoms with E-state index in [9.17, 15) is 4.79 Å². The van der Waals surface area contributed by atoms with E-state index in [0.717, 1.165) is 18.8 Å². The van der Waals surface area contributed by atoms with Gasteiger partial charge in [0, 0.05) is 24.5 Å². The van der Waals surface area contributed by atoms with E-state index in [1.807, 2.05) is 0 Å². The second-order valence-electron chi connectivity index (χ2n) is 5.60. The van der Waals surface area contributed by atoms with Gasteiger partial charge in [0.05, 0.1) is 5.56 Å². The maximum absolute atomic E-state index is 10.9. The molecule has 20 heavy (non-hydrogen) atoms. The molecule has 1 heterocycles. The molecule has 2 rings (SSSR count). The average Bonchev–Trinajstić information content (AvgIpc) is 2.89. The zero-order valence-corrected chi connectivity index (χ0v) is 11.9. The topological polar surface area (TPSA) is 78.6 Å². The standard InChI is InChI=1S/C15H23N3O2/c1-11(10-18-6-2-3-7-18)9-17-12-4-5-13(15(19)20)14(16)8-12/h4-5,8,11,17H,2-3,6-7,9-10,16H2,1H3,(H,19,20). The summed E-state index contributed by atoms with van der Waals surface area (Å²) in [5, 5.41) is 12.3. The van der Waals surface area contributed by atoms with Crippen LogP contribution in [0, 0.1) is 5.92 Å². The smallest absolute Gasteiger partial charge is 0.337 e. The first-order valence-electron chi connectivity index (χ1n) is 7.15. The first-order valence-corrected chi connectivity index (χ1v) is 7.15. The van der Waals surface area contributed by atoms with E-state index >= 15 is 0 Å². The quantitative estimate of drug-likeness (QED) is 0.694. The SMILES string of the molecule is CC(CNc1ccc(C(=O)O)c(N)c1)CN1CCCC1. The molecule has 1 aromatic carbocycles. The molecule has 1 fully saturated rings. The van der Waals surface area contributed by atoms with E-state index in [4.69, 9.17) is 10.8 Å². The Balaban J connectivity index is 1.84. The third kappa shape index (κ3) is 3.87. The van der Waals surface area contributed by atoms with Crippen LogP contribution in [-0.2, 0) is 0 Å². The number of nitrogen functional groups attached to an aromatic ring is 1. The minimum atomic E-state index is -0.989. The van der Waals surface area contributed by atoms with Crippen LogP contribution < -0.4 is 11.1 Å². The van der Waals surface area contributed by atoms with Crippen molar-refractivity contribution < 1.29 is 9.90 Å². The average molecular weight is 277 g/mol. The van der Waals surface area contributed by atoms with Crippen LogP contribution >= 0.6 is 0 Å². The zero-order chi connectivity index (χ0) is 14.5. The summed E-state index contributed by atoms with van der Waals surface area (Å²) in [6.07, 6.45) is 2.63. The van der Waals surface area contributed by atoms with Crippen molar-refractivity contribution in [1.82, 2.24) is 4.90 Å². The maximum atomic E-state index is 10.9. The van der Waals surface area contributed by atoms with Crippen molar-refractivity contribution in [2.75, 3.05) is 37.2 Å². The maximum Gasteiger partial charge on any atom is 0.337 e. The summed E-state index contributed by atoms with van der Waals surface area (Å²) in [6.45, 7) is 6.62. The predicted octanol–water partition coefficient (Wildman–Crippen LogP) is 2.11. The third-order valence-electron chi connectivity index (χ3n) is 3.71. The lowest BCUT2D eigenvalue weighted by Gasteiger charge is -2.21. The molecule has 0 aromatic heterocycles. The van der Waals surface area contributed by atoms with Crippen molar-refractivity contribution in [2.45, 2.75) is 19.8 Å². The lowest BCUT2D eigenvalue weighted by molar-refractivity contribution is 0.0698. The molecule has 0 aliphatic carbocycles. The molecule has 110 valence electrons. The van der Waals surface area contributed by atoms with Crippen molar-refractivity contribution in [3.8, 4) is 0 Å². The van der Waals surface area contributed by atoms with Crippen molar-refractivity contribution in [1.29, 1.82) is 0 Å². The van der Waals surface area contributed by atoms with Gasteiger partial charge in [0.15, 0.2) is 0 Å². The minimum absolute atomic E-state index is 0.153. The number of rotatable bonds is 6. The van der Waals surface area contributed by atoms with Crippen LogP contribution in [0.2, 0.25) is 0 Å². The predicted molar refractivity (Wildman–Crippen MR) is 81.1 cm³/mol. The fourth-order valence-electron chi connectivity index (χ4n) is 2.63. The first-order chi connectivity index (χ1) is 9.56. The first kappa shape index (κ1) is 14.7. The molecule has 0 radical (unpaired) electrons. The van der Waals surface area contributed by atoms with Gasteiger partial charge in [0.1, 0.15) is 0 Å². The van der Waals surface area contributed by atoms with E-state index < -0.39 is 5.97 Å². The van der Waals surface area contributed by atoms with Crippen LogP contribution in [0.25, 0.3) is 0 Å². The fourth-order valence-corrected chi connectivity index (χ4v) is 2.63. The van der Waals surface area contributed by atoms with Gasteiger partial charge in [0.2, 0.25) is 0 Å². The van der Waals surface area contributed by atoms with Gasteiger partial charge in [-0.2, -0.15) is 0 Å². The van der Waals surface area contributed by atoms with Crippen molar-refractivity contribution in [3.05, 3.63) is 23.8 Å². The molecular weight excluding hydrogens is 254 g/mol. The Morgan fingerprint density at radius 1 is 1.45 bits per heavy atom. The van der Waals surface area contributed by atoms with E-state index in [1.165, 1.54) is 25.9 Å². The molecule has 4 N–H and O–H groups in total. The highest BCUT2D eigenvalue weighted by Crippen LogP contribution is 2.18. The van der Waals surface area contributed by atoms with Crippen molar-refractivity contribution in [3.63, 3.8) is 0 Å². The second kappa shape index (κ2) is 6.61. The molecule has 1 aliphatic rings. The van der Waals surface area contributed by atoms with Crippen molar-refractivity contribution >= 4 is 17.3 Å². The Kier molecular flexibility index (Phi) is 4.84. The number of nitrogens with one attached hydrogen (secondary N) is 1. The van der Waals surface area contributed by atoms with Crippen LogP contribution in [0.5, 0.6) is 0 Å². The van der Waals surface area contributed by atoms with Gasteiger partial charge in [-0.05, 0) is 50.0 Å². The second-order valence-corrected chi connectivity index (χ2v) is 5.60. The Labute approximate surface area is 119 Å². The number of carboxylic acid groups (broad SMARTS) is 1. The van der Waals surface area contributed by atoms with Crippen LogP contribution in [-0.4, -0.2) is 42.2 Å². The number of nitrogens with two attached hydrogens (primary N) is 1. The summed E-state index contributed by atoms with van der Waals surface area (Å²) >= 11 is 0. The fraction of sp³-hybridized carbons (Fsp3) is 0.533. The van der Waals surface area contributed by atoms with Gasteiger partial charge in [-0.15, -0.1) is 0 Å². The summed E-state index contributed by atoms with van der Waals surface area (Å²) in [5.74, 6) is -0.440. The molecule has 1 saturated heterocycles. The molecule has 1 unspecified atom stereocenters. The number of carbonyl (C=O) groups is 1. The Bertz CT molecular complexity index is 470. The lowest BCUT2D eigenvalue weighted by Crippen LogP contribution is -2.28. The highest BCUT2D eigenvalue weighted by molar-refractivity contribution is 5.94. The van der Waals surface area contributed by atoms with E-state index in [2.05, 4.69) is 17.1 Å². The normalized spacial score (nSPS) is 17.1. The van der Waals surface area contributed by atoms with Gasteiger partial charge in [-0.25, -0.2) is 4.79 Å². The van der Waals surface area contributed by atoms with Gasteiger partial charge in [-0.1, -0.05) is 6.92 Å². The number of nitrogens with zero attached hydrogens (tertiary/aromatic N) is 1. The van der Waals surface area contributed by atoms with E-state index in [-0.39, 0.29) is 5.56 Å². The Hall–Kier alpha value is -1.75. The molecule has 0 amide bonds. The summed E-state index contributed by atoms with van der Waals surface area (Å²) < 4.78 is 0. The van der Waals surface area contributed by atoms with Crippen molar-refractivity contribution in [2.24, 2.45) is 5.92 Å². The van der Waals surface area contributed by atoms with Gasteiger partial charge in [-0.3, -0.25) is 0 Å². The number of likely N-dealkylation sites (tertiary alicyclic amines) is 1. The van der Waals surface area contributed by atoms with Crippen LogP contribution in [0.1, 0.15) is 30.1 Å². The third-order valence-corrected chi connectivity index (χ3v) is 3.71. The number of benzene rings is 1. The molecule has 0 spiro atoms. The monoisotopic (exact) mass is 277 g/mol. The van der Waals surface area contributed by atoms with Crippen LogP contribution in [0.4, 0.5) is 11.4 Å². The molecule has 5 nitrogen and oxygen atoms in total. The highest BCUT2D eigenvalue weighted by atomic mass is 16.4. The number of anilines is 2. The number of carboxylic acids is 1. The molecule has 5 heteroatoms. The number of hydrogen-bond acceptors (Lipinski definition) is 4. The Morgan fingerprint density at radius 2 is 2.15 bits per heavy atom. The molecule has 1 aromatic rings. The summed E-state index contributed by atoms with van der Waals surface area (Å²) in [4.78, 5) is 13.4. The molecule has 0 bridgehead atoms. The van der Waals surface area contributed by atoms with E-state index in [1.54, 1.807) is 18.2 Å². The molecule has 1 aliphatic heterocycles. The van der Waals surface area contributed by atoms with Gasteiger partial charge in [0.25, 0.3) is 0 Å². The zero-order valence-electron chi connectivity index (χ0n) is 11.9. The Morgan fingerprint density at radius 3 is 2.75 bits per heavy atom. The van der Waals surface area contributed by atoms with E-state index in [0.29, 0.717) is 11.6 Å². The summed E-state index contributed by atoms with van der Waals surface area (Å²) in [7, 11) is 0. The molecule has 1 atom stereocenters. The number of aromatic carboxylic acids is 1. The summed E-state index contributed by atoms with van der Waals surface area (Å²) in [5.41, 5.74) is 7.06. The number of hydrogen-bond donors (Lipinski definition) is 3. The van der Waals surface area contributed by atoms with Crippen LogP contribution in [0.3, 0.4) is 0 Å². The lowest BCUT2D eigenvalue weighted by atomic mass is 10.1. The highest BCUT2D eigenvalue weighted by Gasteiger charge is 2.14. The molecular formula is C15H23N3O2. The largest absolute Gasteiger partial charge is 0.478 e. The summed E-state index contributed by atoms with van der Waals surface area (Å²) in [6, 6.07) is 5.00. The minimum Gasteiger partial charge on any atom is -0.478 e. The van der Waals surface area contributed by atoms with Crippen LogP contribution in [0.15, 0.2) is 18.2 Å².